The Balaban J connectivity index is 1.72. The van der Waals surface area contributed by atoms with Gasteiger partial charge in [-0.2, -0.15) is 5.10 Å². The number of carbonyl (C=O) groups excluding carboxylic acids is 1. The van der Waals surface area contributed by atoms with Crippen LogP contribution in [0.5, 0.6) is 0 Å². The lowest BCUT2D eigenvalue weighted by atomic mass is 9.92. The summed E-state index contributed by atoms with van der Waals surface area (Å²) in [5.74, 6) is 0.515. The maximum absolute atomic E-state index is 12.2. The monoisotopic (exact) mass is 247 g/mol. The van der Waals surface area contributed by atoms with Gasteiger partial charge in [-0.15, -0.1) is 0 Å². The van der Waals surface area contributed by atoms with Crippen molar-refractivity contribution in [2.24, 2.45) is 13.0 Å². The topological polar surface area (TPSA) is 46.9 Å². The summed E-state index contributed by atoms with van der Waals surface area (Å²) >= 11 is 0. The molecule has 0 bridgehead atoms. The maximum Gasteiger partial charge on any atom is 0.223 e. The van der Waals surface area contributed by atoms with Crippen molar-refractivity contribution in [2.45, 2.75) is 51.0 Å². The van der Waals surface area contributed by atoms with Crippen LogP contribution < -0.4 is 5.32 Å². The average Bonchev–Trinajstić information content (AvgIpc) is 3.00. The molecule has 2 aliphatic rings. The second-order valence-corrected chi connectivity index (χ2v) is 5.60. The van der Waals surface area contributed by atoms with Crippen LogP contribution in [0.25, 0.3) is 0 Å². The van der Waals surface area contributed by atoms with E-state index in [2.05, 4.69) is 10.4 Å². The molecule has 1 aromatic rings. The smallest absolute Gasteiger partial charge is 0.223 e. The molecule has 0 aromatic carbocycles. The van der Waals surface area contributed by atoms with Crippen LogP contribution in [0.3, 0.4) is 0 Å². The third-order valence-corrected chi connectivity index (χ3v) is 4.42. The molecule has 1 aromatic heterocycles. The molecule has 0 spiro atoms. The number of fused-ring (bicyclic) bond motifs is 1. The highest BCUT2D eigenvalue weighted by molar-refractivity contribution is 5.79. The molecule has 1 N–H and O–H groups in total. The van der Waals surface area contributed by atoms with Crippen molar-refractivity contribution in [3.05, 3.63) is 17.5 Å². The highest BCUT2D eigenvalue weighted by Gasteiger charge is 2.28. The molecule has 0 radical (unpaired) electrons. The minimum Gasteiger partial charge on any atom is -0.349 e. The predicted octanol–water partition coefficient (Wildman–Crippen LogP) is 2.10. The van der Waals surface area contributed by atoms with Crippen LogP contribution in [-0.4, -0.2) is 15.7 Å². The van der Waals surface area contributed by atoms with Gasteiger partial charge < -0.3 is 5.32 Å². The summed E-state index contributed by atoms with van der Waals surface area (Å²) in [7, 11) is 1.99. The first-order valence-corrected chi connectivity index (χ1v) is 7.07. The standard InChI is InChI=1S/C14H21N3O/c1-17-13-8-4-7-12(11(13)9-15-17)16-14(18)10-5-2-3-6-10/h9-10,12H,2-8H2,1H3,(H,16,18). The van der Waals surface area contributed by atoms with E-state index in [0.29, 0.717) is 0 Å². The Labute approximate surface area is 108 Å². The molecule has 0 saturated heterocycles. The van der Waals surface area contributed by atoms with E-state index in [1.54, 1.807) is 0 Å². The Morgan fingerprint density at radius 2 is 2.11 bits per heavy atom. The summed E-state index contributed by atoms with van der Waals surface area (Å²) < 4.78 is 1.95. The quantitative estimate of drug-likeness (QED) is 0.870. The van der Waals surface area contributed by atoms with Crippen LogP contribution in [-0.2, 0) is 18.3 Å². The molecular formula is C14H21N3O. The molecule has 18 heavy (non-hydrogen) atoms. The van der Waals surface area contributed by atoms with Crippen LogP contribution in [0.15, 0.2) is 6.20 Å². The van der Waals surface area contributed by atoms with Crippen molar-refractivity contribution in [1.29, 1.82) is 0 Å². The number of hydrogen-bond donors (Lipinski definition) is 1. The first-order chi connectivity index (χ1) is 8.75. The SMILES string of the molecule is Cn1ncc2c1CCCC2NC(=O)C1CCCC1. The highest BCUT2D eigenvalue weighted by atomic mass is 16.1. The van der Waals surface area contributed by atoms with E-state index in [1.807, 2.05) is 17.9 Å². The fourth-order valence-corrected chi connectivity index (χ4v) is 3.33. The lowest BCUT2D eigenvalue weighted by molar-refractivity contribution is -0.125. The molecule has 1 amide bonds. The fraction of sp³-hybridized carbons (Fsp3) is 0.714. The van der Waals surface area contributed by atoms with Gasteiger partial charge in [0, 0.05) is 24.2 Å². The van der Waals surface area contributed by atoms with E-state index >= 15 is 0 Å². The van der Waals surface area contributed by atoms with Crippen molar-refractivity contribution in [3.8, 4) is 0 Å². The number of carbonyl (C=O) groups is 1. The summed E-state index contributed by atoms with van der Waals surface area (Å²) in [5.41, 5.74) is 2.52. The van der Waals surface area contributed by atoms with Gasteiger partial charge in [-0.25, -0.2) is 0 Å². The van der Waals surface area contributed by atoms with Crippen LogP contribution in [0.4, 0.5) is 0 Å². The van der Waals surface area contributed by atoms with Crippen LogP contribution >= 0.6 is 0 Å². The zero-order valence-electron chi connectivity index (χ0n) is 11.0. The largest absolute Gasteiger partial charge is 0.349 e. The summed E-state index contributed by atoms with van der Waals surface area (Å²) in [6, 6.07) is 0.190. The van der Waals surface area contributed by atoms with E-state index in [-0.39, 0.29) is 17.9 Å². The second-order valence-electron chi connectivity index (χ2n) is 5.60. The lowest BCUT2D eigenvalue weighted by Gasteiger charge is -2.25. The number of nitrogens with one attached hydrogen (secondary N) is 1. The van der Waals surface area contributed by atoms with Crippen LogP contribution in [0, 0.1) is 5.92 Å². The summed E-state index contributed by atoms with van der Waals surface area (Å²) in [5, 5.41) is 7.56. The molecular weight excluding hydrogens is 226 g/mol. The van der Waals surface area contributed by atoms with Gasteiger partial charge in [0.1, 0.15) is 0 Å². The molecule has 1 unspecified atom stereocenters. The first-order valence-electron chi connectivity index (χ1n) is 7.07. The average molecular weight is 247 g/mol. The first kappa shape index (κ1) is 11.8. The van der Waals surface area contributed by atoms with E-state index in [1.165, 1.54) is 24.1 Å². The number of hydrogen-bond acceptors (Lipinski definition) is 2. The molecule has 4 nitrogen and oxygen atoms in total. The van der Waals surface area contributed by atoms with Gasteiger partial charge in [-0.1, -0.05) is 12.8 Å². The van der Waals surface area contributed by atoms with Gasteiger partial charge in [0.25, 0.3) is 0 Å². The number of nitrogens with zero attached hydrogens (tertiary/aromatic N) is 2. The van der Waals surface area contributed by atoms with Gasteiger partial charge in [-0.3, -0.25) is 9.48 Å². The van der Waals surface area contributed by atoms with Crippen molar-refractivity contribution in [3.63, 3.8) is 0 Å². The van der Waals surface area contributed by atoms with E-state index < -0.39 is 0 Å². The van der Waals surface area contributed by atoms with Gasteiger partial charge in [-0.05, 0) is 32.1 Å². The summed E-state index contributed by atoms with van der Waals surface area (Å²) in [6.45, 7) is 0. The molecule has 2 aliphatic carbocycles. The van der Waals surface area contributed by atoms with Crippen LogP contribution in [0.2, 0.25) is 0 Å². The predicted molar refractivity (Wildman–Crippen MR) is 69.0 cm³/mol. The van der Waals surface area contributed by atoms with Crippen LogP contribution in [0.1, 0.15) is 55.8 Å². The molecule has 98 valence electrons. The Kier molecular flexibility index (Phi) is 3.10. The van der Waals surface area contributed by atoms with Gasteiger partial charge in [0.15, 0.2) is 0 Å². The zero-order valence-corrected chi connectivity index (χ0v) is 11.0. The second kappa shape index (κ2) is 4.75. The molecule has 1 atom stereocenters. The number of aromatic nitrogens is 2. The molecule has 1 fully saturated rings. The Bertz CT molecular complexity index is 446. The Morgan fingerprint density at radius 1 is 1.33 bits per heavy atom. The number of aryl methyl sites for hydroxylation is 1. The zero-order chi connectivity index (χ0) is 12.5. The van der Waals surface area contributed by atoms with Gasteiger partial charge >= 0.3 is 0 Å². The molecule has 1 heterocycles. The van der Waals surface area contributed by atoms with E-state index in [4.69, 9.17) is 0 Å². The number of rotatable bonds is 2. The highest BCUT2D eigenvalue weighted by Crippen LogP contribution is 2.31. The van der Waals surface area contributed by atoms with Crippen molar-refractivity contribution in [2.75, 3.05) is 0 Å². The fourth-order valence-electron chi connectivity index (χ4n) is 3.33. The van der Waals surface area contributed by atoms with E-state index in [9.17, 15) is 4.79 Å². The maximum atomic E-state index is 12.2. The minimum absolute atomic E-state index is 0.190. The molecule has 4 heteroatoms. The normalized spacial score (nSPS) is 23.9. The Morgan fingerprint density at radius 3 is 2.89 bits per heavy atom. The molecule has 1 saturated carbocycles. The Hall–Kier alpha value is -1.32. The lowest BCUT2D eigenvalue weighted by Crippen LogP contribution is -2.34. The molecule has 0 aliphatic heterocycles. The van der Waals surface area contributed by atoms with Gasteiger partial charge in [0.2, 0.25) is 5.91 Å². The van der Waals surface area contributed by atoms with Crippen molar-refractivity contribution >= 4 is 5.91 Å². The van der Waals surface area contributed by atoms with E-state index in [0.717, 1.165) is 32.1 Å². The third-order valence-electron chi connectivity index (χ3n) is 4.42. The van der Waals surface area contributed by atoms with Crippen molar-refractivity contribution < 1.29 is 4.79 Å². The minimum atomic E-state index is 0.190. The number of amides is 1. The summed E-state index contributed by atoms with van der Waals surface area (Å²) in [4.78, 5) is 12.2. The molecule has 3 rings (SSSR count). The summed E-state index contributed by atoms with van der Waals surface area (Å²) in [6.07, 6.45) is 9.76. The van der Waals surface area contributed by atoms with Gasteiger partial charge in [0.05, 0.1) is 12.2 Å². The van der Waals surface area contributed by atoms with Crippen molar-refractivity contribution in [1.82, 2.24) is 15.1 Å². The third kappa shape index (κ3) is 2.04.